The first-order valence-corrected chi connectivity index (χ1v) is 9.39. The average molecular weight is 319 g/mol. The van der Waals surface area contributed by atoms with Gasteiger partial charge in [-0.15, -0.1) is 23.2 Å². The number of rotatable bonds is 12. The lowest BCUT2D eigenvalue weighted by Crippen LogP contribution is -1.99. The Morgan fingerprint density at radius 3 is 1.61 bits per heavy atom. The van der Waals surface area contributed by atoms with E-state index in [4.69, 9.17) is 33.0 Å². The van der Waals surface area contributed by atoms with Crippen molar-refractivity contribution in [3.63, 3.8) is 0 Å². The van der Waals surface area contributed by atoms with Crippen LogP contribution in [0.2, 0.25) is 0 Å². The number of alkyl halides is 2. The van der Waals surface area contributed by atoms with E-state index in [-0.39, 0.29) is 0 Å². The molecule has 0 heterocycles. The van der Waals surface area contributed by atoms with E-state index >= 15 is 0 Å². The zero-order chi connectivity index (χ0) is 13.9. The van der Waals surface area contributed by atoms with Crippen LogP contribution in [-0.4, -0.2) is 20.8 Å². The summed E-state index contributed by atoms with van der Waals surface area (Å²) in [4.78, 5) is 17.6. The molecule has 18 heavy (non-hydrogen) atoms. The van der Waals surface area contributed by atoms with Crippen molar-refractivity contribution in [3.05, 3.63) is 0 Å². The van der Waals surface area contributed by atoms with Crippen LogP contribution >= 0.6 is 30.8 Å². The third-order valence-electron chi connectivity index (χ3n) is 2.94. The van der Waals surface area contributed by atoms with Crippen LogP contribution in [0, 0.1) is 0 Å². The number of hydrogen-bond acceptors (Lipinski definition) is 1. The fraction of sp³-hybridized carbons (Fsp3) is 1.00. The lowest BCUT2D eigenvalue weighted by atomic mass is 10.1. The molecular formula is C12H25Cl2O3P. The molecule has 0 saturated carbocycles. The maximum absolute atomic E-state index is 10.8. The Hall–Kier alpha value is 0.730. The fourth-order valence-corrected chi connectivity index (χ4v) is 2.68. The van der Waals surface area contributed by atoms with Crippen LogP contribution in [0.4, 0.5) is 0 Å². The maximum atomic E-state index is 10.8. The van der Waals surface area contributed by atoms with Gasteiger partial charge in [-0.05, 0) is 12.8 Å². The van der Waals surface area contributed by atoms with E-state index in [9.17, 15) is 4.57 Å². The summed E-state index contributed by atoms with van der Waals surface area (Å²) in [7, 11) is -4.08. The molecule has 1 unspecified atom stereocenters. The topological polar surface area (TPSA) is 57.5 Å². The van der Waals surface area contributed by atoms with Crippen LogP contribution < -0.4 is 0 Å². The summed E-state index contributed by atoms with van der Waals surface area (Å²) in [5, 5.41) is -1.01. The molecule has 0 bridgehead atoms. The SMILES string of the molecule is O=P(O)(O)C(Cl)CCCCCCCCCCCCl. The molecule has 0 saturated heterocycles. The summed E-state index contributed by atoms with van der Waals surface area (Å²) in [5.41, 5.74) is 0. The first-order valence-electron chi connectivity index (χ1n) is 6.73. The summed E-state index contributed by atoms with van der Waals surface area (Å²) >= 11 is 11.2. The van der Waals surface area contributed by atoms with Crippen LogP contribution in [0.1, 0.15) is 64.2 Å². The third kappa shape index (κ3) is 11.8. The van der Waals surface area contributed by atoms with Crippen molar-refractivity contribution in [1.29, 1.82) is 0 Å². The van der Waals surface area contributed by atoms with Crippen molar-refractivity contribution in [2.45, 2.75) is 69.3 Å². The molecule has 0 aliphatic carbocycles. The van der Waals surface area contributed by atoms with Crippen molar-refractivity contribution < 1.29 is 14.4 Å². The largest absolute Gasteiger partial charge is 0.343 e. The number of unbranched alkanes of at least 4 members (excludes halogenated alkanes) is 8. The molecule has 0 amide bonds. The smallest absolute Gasteiger partial charge is 0.323 e. The second kappa shape index (κ2) is 11.5. The van der Waals surface area contributed by atoms with E-state index in [0.29, 0.717) is 6.42 Å². The second-order valence-electron chi connectivity index (χ2n) is 4.68. The van der Waals surface area contributed by atoms with Crippen LogP contribution in [0.25, 0.3) is 0 Å². The van der Waals surface area contributed by atoms with Gasteiger partial charge in [0.25, 0.3) is 0 Å². The van der Waals surface area contributed by atoms with Crippen molar-refractivity contribution in [2.75, 3.05) is 5.88 Å². The summed E-state index contributed by atoms with van der Waals surface area (Å²) < 4.78 is 10.8. The molecule has 0 rings (SSSR count). The number of halogens is 2. The van der Waals surface area contributed by atoms with Crippen molar-refractivity contribution in [2.24, 2.45) is 0 Å². The van der Waals surface area contributed by atoms with Crippen molar-refractivity contribution in [1.82, 2.24) is 0 Å². The molecule has 0 spiro atoms. The molecule has 3 nitrogen and oxygen atoms in total. The van der Waals surface area contributed by atoms with E-state index in [2.05, 4.69) is 0 Å². The zero-order valence-corrected chi connectivity index (χ0v) is 13.3. The van der Waals surface area contributed by atoms with Gasteiger partial charge >= 0.3 is 7.60 Å². The molecule has 0 aromatic carbocycles. The standard InChI is InChI=1S/C12H25Cl2O3P/c13-11-9-7-5-3-1-2-4-6-8-10-12(14)18(15,16)17/h12H,1-11H2,(H2,15,16,17). The number of hydrogen-bond donors (Lipinski definition) is 2. The summed E-state index contributed by atoms with van der Waals surface area (Å²) in [6, 6.07) is 0. The minimum atomic E-state index is -4.08. The maximum Gasteiger partial charge on any atom is 0.343 e. The highest BCUT2D eigenvalue weighted by Gasteiger charge is 2.25. The molecule has 110 valence electrons. The Labute approximate surface area is 120 Å². The van der Waals surface area contributed by atoms with Crippen LogP contribution in [0.15, 0.2) is 0 Å². The Bertz CT molecular complexity index is 233. The molecule has 0 radical (unpaired) electrons. The Morgan fingerprint density at radius 1 is 0.833 bits per heavy atom. The van der Waals surface area contributed by atoms with Gasteiger partial charge in [0, 0.05) is 5.88 Å². The van der Waals surface area contributed by atoms with E-state index < -0.39 is 12.7 Å². The van der Waals surface area contributed by atoms with Gasteiger partial charge in [-0.25, -0.2) is 0 Å². The average Bonchev–Trinajstić information content (AvgIpc) is 2.30. The highest BCUT2D eigenvalue weighted by Crippen LogP contribution is 2.45. The Balaban J connectivity index is 3.19. The molecule has 0 aliphatic rings. The lowest BCUT2D eigenvalue weighted by Gasteiger charge is -2.10. The summed E-state index contributed by atoms with van der Waals surface area (Å²) in [6.45, 7) is 0. The van der Waals surface area contributed by atoms with Crippen molar-refractivity contribution in [3.8, 4) is 0 Å². The van der Waals surface area contributed by atoms with Gasteiger partial charge in [-0.2, -0.15) is 0 Å². The monoisotopic (exact) mass is 318 g/mol. The van der Waals surface area contributed by atoms with Crippen LogP contribution in [-0.2, 0) is 4.57 Å². The molecule has 1 atom stereocenters. The summed E-state index contributed by atoms with van der Waals surface area (Å²) in [5.74, 6) is 0.763. The van der Waals surface area contributed by atoms with Gasteiger partial charge in [-0.1, -0.05) is 51.4 Å². The van der Waals surface area contributed by atoms with Gasteiger partial charge in [0.2, 0.25) is 0 Å². The minimum Gasteiger partial charge on any atom is -0.323 e. The Morgan fingerprint density at radius 2 is 1.22 bits per heavy atom. The normalized spacial score (nSPS) is 13.8. The molecule has 2 N–H and O–H groups in total. The molecule has 0 fully saturated rings. The third-order valence-corrected chi connectivity index (χ3v) is 5.18. The van der Waals surface area contributed by atoms with E-state index in [1.165, 1.54) is 32.1 Å². The predicted molar refractivity (Wildman–Crippen MR) is 78.6 cm³/mol. The molecule has 0 aromatic heterocycles. The van der Waals surface area contributed by atoms with Crippen LogP contribution in [0.5, 0.6) is 0 Å². The Kier molecular flexibility index (Phi) is 12.0. The van der Waals surface area contributed by atoms with E-state index in [1.54, 1.807) is 0 Å². The zero-order valence-electron chi connectivity index (χ0n) is 10.9. The second-order valence-corrected chi connectivity index (χ2v) is 7.69. The molecular weight excluding hydrogens is 294 g/mol. The van der Waals surface area contributed by atoms with Gasteiger partial charge in [-0.3, -0.25) is 4.57 Å². The van der Waals surface area contributed by atoms with Crippen LogP contribution in [0.3, 0.4) is 0 Å². The van der Waals surface area contributed by atoms with Gasteiger partial charge in [0.15, 0.2) is 0 Å². The minimum absolute atomic E-state index is 0.404. The van der Waals surface area contributed by atoms with E-state index in [1.807, 2.05) is 0 Å². The van der Waals surface area contributed by atoms with E-state index in [0.717, 1.165) is 31.6 Å². The lowest BCUT2D eigenvalue weighted by molar-refractivity contribution is 0.365. The highest BCUT2D eigenvalue weighted by molar-refractivity contribution is 7.54. The van der Waals surface area contributed by atoms with Gasteiger partial charge in [0.1, 0.15) is 5.12 Å². The van der Waals surface area contributed by atoms with Crippen molar-refractivity contribution >= 4 is 30.8 Å². The molecule has 0 aliphatic heterocycles. The first kappa shape index (κ1) is 18.7. The van der Waals surface area contributed by atoms with Gasteiger partial charge < -0.3 is 9.79 Å². The highest BCUT2D eigenvalue weighted by atomic mass is 35.5. The molecule has 6 heteroatoms. The first-order chi connectivity index (χ1) is 8.48. The summed E-state index contributed by atoms with van der Waals surface area (Å²) in [6.07, 6.45) is 10.6. The molecule has 0 aromatic rings. The predicted octanol–water partition coefficient (Wildman–Crippen LogP) is 4.87. The van der Waals surface area contributed by atoms with Gasteiger partial charge in [0.05, 0.1) is 0 Å². The fourth-order valence-electron chi connectivity index (χ4n) is 1.81. The quantitative estimate of drug-likeness (QED) is 0.306.